The number of benzene rings is 1. The molecule has 2 fully saturated rings. The lowest BCUT2D eigenvalue weighted by atomic mass is 10.1. The fourth-order valence-electron chi connectivity index (χ4n) is 2.71. The first-order valence-corrected chi connectivity index (χ1v) is 8.69. The van der Waals surface area contributed by atoms with Gasteiger partial charge in [0.15, 0.2) is 0 Å². The van der Waals surface area contributed by atoms with E-state index in [0.29, 0.717) is 0 Å². The SMILES string of the molecule is S=C(/C(=C/N1CCOCC1)c1ccc(Cl)cc1)N1CCOCC1. The molecule has 0 amide bonds. The Bertz CT molecular complexity index is 564. The van der Waals surface area contributed by atoms with Crippen molar-refractivity contribution in [1.29, 1.82) is 0 Å². The van der Waals surface area contributed by atoms with E-state index in [-0.39, 0.29) is 0 Å². The van der Waals surface area contributed by atoms with Crippen LogP contribution in [-0.4, -0.2) is 67.4 Å². The lowest BCUT2D eigenvalue weighted by Crippen LogP contribution is -2.41. The summed E-state index contributed by atoms with van der Waals surface area (Å²) in [5.74, 6) is 0. The molecule has 0 N–H and O–H groups in total. The average Bonchev–Trinajstić information content (AvgIpc) is 2.62. The minimum Gasteiger partial charge on any atom is -0.378 e. The molecular weight excluding hydrogens is 332 g/mol. The van der Waals surface area contributed by atoms with E-state index in [0.717, 1.165) is 73.8 Å². The van der Waals surface area contributed by atoms with E-state index in [9.17, 15) is 0 Å². The Morgan fingerprint density at radius 1 is 0.957 bits per heavy atom. The predicted molar refractivity (Wildman–Crippen MR) is 96.8 cm³/mol. The molecule has 0 radical (unpaired) electrons. The first-order valence-electron chi connectivity index (χ1n) is 7.90. The molecule has 2 aliphatic heterocycles. The van der Waals surface area contributed by atoms with Gasteiger partial charge in [0.1, 0.15) is 4.99 Å². The van der Waals surface area contributed by atoms with E-state index in [2.05, 4.69) is 16.0 Å². The Morgan fingerprint density at radius 3 is 2.13 bits per heavy atom. The maximum absolute atomic E-state index is 6.03. The van der Waals surface area contributed by atoms with Crippen LogP contribution in [0, 0.1) is 0 Å². The van der Waals surface area contributed by atoms with Gasteiger partial charge >= 0.3 is 0 Å². The van der Waals surface area contributed by atoms with Gasteiger partial charge in [-0.3, -0.25) is 0 Å². The van der Waals surface area contributed by atoms with Crippen molar-refractivity contribution in [2.75, 3.05) is 52.6 Å². The number of rotatable bonds is 3. The van der Waals surface area contributed by atoms with Gasteiger partial charge in [0.05, 0.1) is 26.4 Å². The number of thiocarbonyl (C=S) groups is 1. The van der Waals surface area contributed by atoms with Crippen molar-refractivity contribution in [2.24, 2.45) is 0 Å². The summed E-state index contributed by atoms with van der Waals surface area (Å²) >= 11 is 11.8. The Morgan fingerprint density at radius 2 is 1.52 bits per heavy atom. The predicted octanol–water partition coefficient (Wildman–Crippen LogP) is 2.67. The normalized spacial score (nSPS) is 19.8. The largest absolute Gasteiger partial charge is 0.378 e. The highest BCUT2D eigenvalue weighted by atomic mass is 35.5. The molecule has 0 aromatic heterocycles. The zero-order valence-corrected chi connectivity index (χ0v) is 14.6. The molecule has 6 heteroatoms. The summed E-state index contributed by atoms with van der Waals surface area (Å²) in [5.41, 5.74) is 2.16. The van der Waals surface area contributed by atoms with E-state index in [1.54, 1.807) is 0 Å². The smallest absolute Gasteiger partial charge is 0.111 e. The molecule has 1 aromatic rings. The highest BCUT2D eigenvalue weighted by Crippen LogP contribution is 2.23. The maximum Gasteiger partial charge on any atom is 0.111 e. The minimum absolute atomic E-state index is 0.728. The second-order valence-corrected chi connectivity index (χ2v) is 6.43. The van der Waals surface area contributed by atoms with E-state index < -0.39 is 0 Å². The molecule has 23 heavy (non-hydrogen) atoms. The Balaban J connectivity index is 1.86. The quantitative estimate of drug-likeness (QED) is 0.615. The van der Waals surface area contributed by atoms with Gasteiger partial charge in [-0.1, -0.05) is 36.0 Å². The summed E-state index contributed by atoms with van der Waals surface area (Å²) in [6.45, 7) is 6.44. The van der Waals surface area contributed by atoms with Crippen molar-refractivity contribution in [3.8, 4) is 0 Å². The number of hydrogen-bond donors (Lipinski definition) is 0. The second kappa shape index (κ2) is 8.11. The van der Waals surface area contributed by atoms with Crippen molar-refractivity contribution in [3.63, 3.8) is 0 Å². The van der Waals surface area contributed by atoms with Crippen LogP contribution < -0.4 is 0 Å². The molecule has 0 spiro atoms. The van der Waals surface area contributed by atoms with Crippen LogP contribution in [0.5, 0.6) is 0 Å². The van der Waals surface area contributed by atoms with Gasteiger partial charge in [0.2, 0.25) is 0 Å². The maximum atomic E-state index is 6.03. The van der Waals surface area contributed by atoms with Crippen LogP contribution in [0.1, 0.15) is 5.56 Å². The van der Waals surface area contributed by atoms with Gasteiger partial charge in [-0.25, -0.2) is 0 Å². The average molecular weight is 353 g/mol. The second-order valence-electron chi connectivity index (χ2n) is 5.60. The fraction of sp³-hybridized carbons (Fsp3) is 0.471. The molecule has 2 aliphatic rings. The van der Waals surface area contributed by atoms with Crippen molar-refractivity contribution in [3.05, 3.63) is 41.1 Å². The summed E-state index contributed by atoms with van der Waals surface area (Å²) in [5, 5.41) is 0.733. The number of halogens is 1. The molecule has 4 nitrogen and oxygen atoms in total. The zero-order chi connectivity index (χ0) is 16.1. The van der Waals surface area contributed by atoms with Gasteiger partial charge in [-0.15, -0.1) is 0 Å². The zero-order valence-electron chi connectivity index (χ0n) is 13.0. The molecule has 0 saturated carbocycles. The summed E-state index contributed by atoms with van der Waals surface area (Å²) in [7, 11) is 0. The summed E-state index contributed by atoms with van der Waals surface area (Å²) in [4.78, 5) is 5.38. The molecule has 0 atom stereocenters. The third kappa shape index (κ3) is 4.44. The topological polar surface area (TPSA) is 24.9 Å². The molecule has 124 valence electrons. The molecule has 2 saturated heterocycles. The minimum atomic E-state index is 0.728. The number of nitrogens with zero attached hydrogens (tertiary/aromatic N) is 2. The molecule has 0 bridgehead atoms. The van der Waals surface area contributed by atoms with Crippen molar-refractivity contribution >= 4 is 34.4 Å². The molecule has 3 rings (SSSR count). The molecule has 2 heterocycles. The van der Waals surface area contributed by atoms with Crippen molar-refractivity contribution < 1.29 is 9.47 Å². The number of ether oxygens (including phenoxy) is 2. The highest BCUT2D eigenvalue weighted by Gasteiger charge is 2.20. The van der Waals surface area contributed by atoms with Crippen molar-refractivity contribution in [1.82, 2.24) is 9.80 Å². The van der Waals surface area contributed by atoms with Gasteiger partial charge in [-0.2, -0.15) is 0 Å². The lowest BCUT2D eigenvalue weighted by molar-refractivity contribution is 0.0595. The van der Waals surface area contributed by atoms with Crippen LogP contribution in [0.2, 0.25) is 5.02 Å². The van der Waals surface area contributed by atoms with E-state index in [1.807, 2.05) is 24.3 Å². The summed E-state index contributed by atoms with van der Waals surface area (Å²) in [6.07, 6.45) is 2.17. The summed E-state index contributed by atoms with van der Waals surface area (Å²) in [6, 6.07) is 7.88. The monoisotopic (exact) mass is 352 g/mol. The van der Waals surface area contributed by atoms with Crippen molar-refractivity contribution in [2.45, 2.75) is 0 Å². The Kier molecular flexibility index (Phi) is 5.89. The Hall–Kier alpha value is -1.14. The van der Waals surface area contributed by atoms with Gasteiger partial charge in [0, 0.05) is 43.0 Å². The van der Waals surface area contributed by atoms with Crippen LogP contribution in [0.3, 0.4) is 0 Å². The van der Waals surface area contributed by atoms with E-state index in [4.69, 9.17) is 33.3 Å². The van der Waals surface area contributed by atoms with Crippen LogP contribution >= 0.6 is 23.8 Å². The highest BCUT2D eigenvalue weighted by molar-refractivity contribution is 7.81. The lowest BCUT2D eigenvalue weighted by Gasteiger charge is -2.32. The fourth-order valence-corrected chi connectivity index (χ4v) is 3.19. The summed E-state index contributed by atoms with van der Waals surface area (Å²) < 4.78 is 10.9. The number of hydrogen-bond acceptors (Lipinski definition) is 4. The molecular formula is C17H21ClN2O2S. The van der Waals surface area contributed by atoms with Gasteiger partial charge in [-0.05, 0) is 17.7 Å². The third-order valence-electron chi connectivity index (χ3n) is 4.04. The number of morpholine rings is 2. The van der Waals surface area contributed by atoms with Gasteiger partial charge in [0.25, 0.3) is 0 Å². The van der Waals surface area contributed by atoms with Gasteiger partial charge < -0.3 is 19.3 Å². The molecule has 1 aromatic carbocycles. The first kappa shape index (κ1) is 16.7. The van der Waals surface area contributed by atoms with Crippen LogP contribution in [0.25, 0.3) is 5.57 Å². The van der Waals surface area contributed by atoms with E-state index >= 15 is 0 Å². The van der Waals surface area contributed by atoms with Crippen LogP contribution in [0.4, 0.5) is 0 Å². The first-order chi connectivity index (χ1) is 11.2. The molecule has 0 aliphatic carbocycles. The standard InChI is InChI=1S/C17H21ClN2O2S/c18-15-3-1-14(2-4-15)16(13-19-5-9-21-10-6-19)17(23)20-7-11-22-12-8-20/h1-4,13H,5-12H2/b16-13+. The van der Waals surface area contributed by atoms with Crippen LogP contribution in [-0.2, 0) is 9.47 Å². The Labute approximate surface area is 147 Å². The molecule has 0 unspecified atom stereocenters. The third-order valence-corrected chi connectivity index (χ3v) is 4.77. The van der Waals surface area contributed by atoms with E-state index in [1.165, 1.54) is 0 Å². The van der Waals surface area contributed by atoms with Crippen LogP contribution in [0.15, 0.2) is 30.5 Å².